The summed E-state index contributed by atoms with van der Waals surface area (Å²) in [4.78, 5) is 0. The van der Waals surface area contributed by atoms with Crippen molar-refractivity contribution < 1.29 is 56.6 Å². The van der Waals surface area contributed by atoms with E-state index in [4.69, 9.17) is 3.80 Å². The SMILES string of the molecule is Cl.[H-].[K+].[O]=[Al]. The molecular weight excluding hydrogens is 118 g/mol. The first kappa shape index (κ1) is 16.3. The number of hydrogen-bond acceptors (Lipinski definition) is 1. The fourth-order valence-electron chi connectivity index (χ4n) is 0. The van der Waals surface area contributed by atoms with Gasteiger partial charge in [-0.15, -0.1) is 12.4 Å². The maximum atomic E-state index is 8.17. The van der Waals surface area contributed by atoms with Gasteiger partial charge in [-0.05, 0) is 0 Å². The summed E-state index contributed by atoms with van der Waals surface area (Å²) >= 11 is 1.17. The Hall–Kier alpha value is 2.26. The van der Waals surface area contributed by atoms with Crippen LogP contribution in [0.4, 0.5) is 0 Å². The summed E-state index contributed by atoms with van der Waals surface area (Å²) in [6, 6.07) is 0. The van der Waals surface area contributed by atoms with E-state index >= 15 is 0 Å². The molecule has 0 atom stereocenters. The molecule has 1 radical (unpaired) electrons. The average molecular weight is 120 g/mol. The van der Waals surface area contributed by atoms with Crippen LogP contribution in [0.2, 0.25) is 0 Å². The molecule has 0 amide bonds. The first-order valence-electron chi connectivity index (χ1n) is 0.236. The van der Waals surface area contributed by atoms with Crippen molar-refractivity contribution in [3.63, 3.8) is 0 Å². The molecule has 0 bridgehead atoms. The zero-order valence-corrected chi connectivity index (χ0v) is 7.49. The standard InChI is InChI=1S/Al.ClH.K.O.H/h;1H;;;/q;;+1;;-1. The van der Waals surface area contributed by atoms with Gasteiger partial charge in [0.05, 0.1) is 0 Å². The van der Waals surface area contributed by atoms with Gasteiger partial charge < -0.3 is 1.43 Å². The second kappa shape index (κ2) is 18.7. The Kier molecular flexibility index (Phi) is 76.2. The molecule has 0 heterocycles. The molecule has 1 nitrogen and oxygen atoms in total. The third-order valence-corrected chi connectivity index (χ3v) is 0. The van der Waals surface area contributed by atoms with Gasteiger partial charge in [-0.2, -0.15) is 0 Å². The summed E-state index contributed by atoms with van der Waals surface area (Å²) < 4.78 is 8.17. The van der Waals surface area contributed by atoms with Crippen molar-refractivity contribution in [1.29, 1.82) is 0 Å². The summed E-state index contributed by atoms with van der Waals surface area (Å²) in [5.41, 5.74) is 0. The minimum atomic E-state index is 0. The predicted octanol–water partition coefficient (Wildman–Crippen LogP) is -2.96. The molecule has 4 heteroatoms. The summed E-state index contributed by atoms with van der Waals surface area (Å²) in [6.45, 7) is 0. The second-order valence-corrected chi connectivity index (χ2v) is 0. The topological polar surface area (TPSA) is 17.1 Å². The van der Waals surface area contributed by atoms with Gasteiger partial charge in [-0.1, -0.05) is 0 Å². The molecule has 0 aliphatic carbocycles. The van der Waals surface area contributed by atoms with Crippen molar-refractivity contribution in [3.8, 4) is 0 Å². The van der Waals surface area contributed by atoms with Crippen molar-refractivity contribution in [2.75, 3.05) is 0 Å². The third kappa shape index (κ3) is 8.86. The Morgan fingerprint density at radius 3 is 1.50 bits per heavy atom. The molecule has 0 aliphatic rings. The van der Waals surface area contributed by atoms with Crippen LogP contribution in [-0.4, -0.2) is 16.2 Å². The van der Waals surface area contributed by atoms with Crippen LogP contribution in [0.3, 0.4) is 0 Å². The second-order valence-electron chi connectivity index (χ2n) is 0. The van der Waals surface area contributed by atoms with Crippen LogP contribution < -0.4 is 51.4 Å². The number of hydrogen-bond donors (Lipinski definition) is 0. The Balaban J connectivity index is -0.00000000167. The minimum absolute atomic E-state index is 0. The zero-order chi connectivity index (χ0) is 2.00. The van der Waals surface area contributed by atoms with E-state index in [1.165, 1.54) is 16.2 Å². The molecule has 0 saturated heterocycles. The summed E-state index contributed by atoms with van der Waals surface area (Å²) in [6.07, 6.45) is 0. The van der Waals surface area contributed by atoms with Crippen LogP contribution in [0.5, 0.6) is 0 Å². The zero-order valence-electron chi connectivity index (χ0n) is 3.39. The van der Waals surface area contributed by atoms with E-state index in [1.807, 2.05) is 0 Å². The van der Waals surface area contributed by atoms with E-state index in [2.05, 4.69) is 0 Å². The number of halogens is 1. The molecule has 0 aromatic rings. The van der Waals surface area contributed by atoms with Gasteiger partial charge in [-0.3, -0.25) is 0 Å². The molecule has 0 aromatic heterocycles. The number of rotatable bonds is 0. The van der Waals surface area contributed by atoms with E-state index in [1.54, 1.807) is 0 Å². The van der Waals surface area contributed by atoms with E-state index in [9.17, 15) is 0 Å². The summed E-state index contributed by atoms with van der Waals surface area (Å²) in [5.74, 6) is 0. The molecule has 4 heavy (non-hydrogen) atoms. The van der Waals surface area contributed by atoms with Crippen LogP contribution >= 0.6 is 12.4 Å². The quantitative estimate of drug-likeness (QED) is 0.312. The van der Waals surface area contributed by atoms with E-state index < -0.39 is 0 Å². The molecule has 0 rings (SSSR count). The van der Waals surface area contributed by atoms with E-state index in [0.717, 1.165) is 0 Å². The van der Waals surface area contributed by atoms with Crippen LogP contribution in [0.15, 0.2) is 0 Å². The van der Waals surface area contributed by atoms with Gasteiger partial charge in [0.15, 0.2) is 0 Å². The fourth-order valence-corrected chi connectivity index (χ4v) is 0. The van der Waals surface area contributed by atoms with Crippen LogP contribution in [-0.2, 0) is 3.80 Å². The Morgan fingerprint density at radius 2 is 1.50 bits per heavy atom. The third-order valence-electron chi connectivity index (χ3n) is 0. The molecule has 0 saturated carbocycles. The van der Waals surface area contributed by atoms with Crippen molar-refractivity contribution in [2.24, 2.45) is 0 Å². The van der Waals surface area contributed by atoms with E-state index in [-0.39, 0.29) is 65.2 Å². The molecule has 0 spiro atoms. The molecule has 0 N–H and O–H groups in total. The van der Waals surface area contributed by atoms with Gasteiger partial charge in [0.1, 0.15) is 0 Å². The first-order chi connectivity index (χ1) is 1.00. The normalized spacial score (nSPS) is 0.750. The van der Waals surface area contributed by atoms with Crippen LogP contribution in [0, 0.1) is 0 Å². The Labute approximate surface area is 83.5 Å². The van der Waals surface area contributed by atoms with Crippen molar-refractivity contribution >= 4 is 28.6 Å². The molecule has 0 aromatic carbocycles. The first-order valence-corrected chi connectivity index (χ1v) is 0.707. The van der Waals surface area contributed by atoms with Crippen LogP contribution in [0.25, 0.3) is 0 Å². The Bertz CT molecular complexity index is 11.6. The molecule has 0 aliphatic heterocycles. The Morgan fingerprint density at radius 1 is 1.50 bits per heavy atom. The van der Waals surface area contributed by atoms with Crippen molar-refractivity contribution in [1.82, 2.24) is 0 Å². The molecule has 0 unspecified atom stereocenters. The van der Waals surface area contributed by atoms with Crippen LogP contribution in [0.1, 0.15) is 1.43 Å². The summed E-state index contributed by atoms with van der Waals surface area (Å²) in [7, 11) is 0. The summed E-state index contributed by atoms with van der Waals surface area (Å²) in [5, 5.41) is 0. The molecule has 19 valence electrons. The fraction of sp³-hybridized carbons (Fsp3) is 0. The maximum absolute atomic E-state index is 8.17. The van der Waals surface area contributed by atoms with Crippen molar-refractivity contribution in [2.45, 2.75) is 0 Å². The van der Waals surface area contributed by atoms with Crippen molar-refractivity contribution in [3.05, 3.63) is 0 Å². The monoisotopic (exact) mass is 119 g/mol. The average Bonchev–Trinajstić information content (AvgIpc) is 1.00. The van der Waals surface area contributed by atoms with E-state index in [0.29, 0.717) is 0 Å². The van der Waals surface area contributed by atoms with Gasteiger partial charge in [0, 0.05) is 0 Å². The van der Waals surface area contributed by atoms with Gasteiger partial charge in [0.25, 0.3) is 0 Å². The molecular formula is H2AlClKO. The van der Waals surface area contributed by atoms with Gasteiger partial charge >= 0.3 is 71.4 Å². The molecule has 0 fully saturated rings. The predicted molar refractivity (Wildman–Crippen MR) is 14.8 cm³/mol. The van der Waals surface area contributed by atoms with Gasteiger partial charge in [-0.25, -0.2) is 0 Å². The van der Waals surface area contributed by atoms with Gasteiger partial charge in [0.2, 0.25) is 0 Å².